The number of hydrogen-bond acceptors (Lipinski definition) is 5. The number of carbonyl (C=O) groups excluding carboxylic acids is 2. The van der Waals surface area contributed by atoms with Gasteiger partial charge >= 0.3 is 6.09 Å². The number of aliphatic hydroxyl groups is 1. The van der Waals surface area contributed by atoms with Gasteiger partial charge in [0.1, 0.15) is 11.4 Å². The second kappa shape index (κ2) is 8.12. The van der Waals surface area contributed by atoms with Gasteiger partial charge in [-0.05, 0) is 52.3 Å². The van der Waals surface area contributed by atoms with E-state index in [0.717, 1.165) is 0 Å². The summed E-state index contributed by atoms with van der Waals surface area (Å²) >= 11 is 0. The van der Waals surface area contributed by atoms with Crippen LogP contribution in [0.4, 0.5) is 20.6 Å². The first kappa shape index (κ1) is 21.0. The fourth-order valence-electron chi connectivity index (χ4n) is 2.90. The number of carbonyl (C=O) groups is 2. The number of anilines is 2. The number of nitrogens with zero attached hydrogens (tertiary/aromatic N) is 1. The third-order valence-corrected chi connectivity index (χ3v) is 3.93. The number of alkyl carbamates (subject to hydrolysis) is 1. The quantitative estimate of drug-likeness (QED) is 0.704. The summed E-state index contributed by atoms with van der Waals surface area (Å²) in [5, 5.41) is 15.4. The van der Waals surface area contributed by atoms with E-state index in [1.165, 1.54) is 11.0 Å². The Kier molecular flexibility index (Phi) is 6.30. The molecule has 1 aromatic carbocycles. The molecule has 1 heterocycles. The molecule has 0 aromatic heterocycles. The molecule has 0 bridgehead atoms. The second-order valence-electron chi connectivity index (χ2n) is 7.92. The molecular weight excluding hydrogens is 353 g/mol. The largest absolute Gasteiger partial charge is 0.444 e. The summed E-state index contributed by atoms with van der Waals surface area (Å²) in [5.41, 5.74) is 0.808. The Labute approximate surface area is 158 Å². The van der Waals surface area contributed by atoms with Crippen LogP contribution < -0.4 is 15.5 Å². The summed E-state index contributed by atoms with van der Waals surface area (Å²) in [7, 11) is 0. The van der Waals surface area contributed by atoms with Gasteiger partial charge in [0.15, 0.2) is 0 Å². The minimum atomic E-state index is -0.886. The van der Waals surface area contributed by atoms with Gasteiger partial charge in [0, 0.05) is 24.8 Å². The van der Waals surface area contributed by atoms with Crippen molar-refractivity contribution in [3.8, 4) is 0 Å². The van der Waals surface area contributed by atoms with Gasteiger partial charge in [-0.15, -0.1) is 0 Å². The standard InChI is InChI=1S/C19H28FN3O4/c1-11(2)23-16(25)7-12-6-13(8-15(20)17(12)23)21-9-14(24)10-22-18(26)27-19(3,4)5/h6,8,11,14,21,24H,7,9-10H2,1-5H3,(H,22,26)/t14-/m0/s1. The normalized spacial score (nSPS) is 15.0. The van der Waals surface area contributed by atoms with Gasteiger partial charge in [-0.25, -0.2) is 9.18 Å². The lowest BCUT2D eigenvalue weighted by molar-refractivity contribution is -0.117. The zero-order valence-corrected chi connectivity index (χ0v) is 16.4. The topological polar surface area (TPSA) is 90.9 Å². The van der Waals surface area contributed by atoms with Gasteiger partial charge in [0.25, 0.3) is 0 Å². The van der Waals surface area contributed by atoms with Crippen molar-refractivity contribution in [2.75, 3.05) is 23.3 Å². The summed E-state index contributed by atoms with van der Waals surface area (Å²) in [6.45, 7) is 9.03. The zero-order chi connectivity index (χ0) is 20.4. The summed E-state index contributed by atoms with van der Waals surface area (Å²) in [5.74, 6) is -0.603. The van der Waals surface area contributed by atoms with Crippen molar-refractivity contribution in [2.45, 2.75) is 58.8 Å². The van der Waals surface area contributed by atoms with Crippen molar-refractivity contribution in [3.63, 3.8) is 0 Å². The Morgan fingerprint density at radius 1 is 1.33 bits per heavy atom. The van der Waals surface area contributed by atoms with Crippen molar-refractivity contribution in [2.24, 2.45) is 0 Å². The highest BCUT2D eigenvalue weighted by Crippen LogP contribution is 2.35. The molecule has 0 spiro atoms. The summed E-state index contributed by atoms with van der Waals surface area (Å²) in [6, 6.07) is 2.90. The predicted molar refractivity (Wildman–Crippen MR) is 101 cm³/mol. The summed E-state index contributed by atoms with van der Waals surface area (Å²) < 4.78 is 19.6. The van der Waals surface area contributed by atoms with Crippen molar-refractivity contribution < 1.29 is 23.8 Å². The lowest BCUT2D eigenvalue weighted by Crippen LogP contribution is -2.39. The van der Waals surface area contributed by atoms with Crippen molar-refractivity contribution in [3.05, 3.63) is 23.5 Å². The van der Waals surface area contributed by atoms with Crippen LogP contribution in [-0.2, 0) is 16.0 Å². The molecule has 0 unspecified atom stereocenters. The molecule has 1 atom stereocenters. The maximum atomic E-state index is 14.5. The maximum Gasteiger partial charge on any atom is 0.407 e. The third kappa shape index (κ3) is 5.56. The number of ether oxygens (including phenoxy) is 1. The Balaban J connectivity index is 1.92. The number of fused-ring (bicyclic) bond motifs is 1. The number of halogens is 1. The monoisotopic (exact) mass is 381 g/mol. The zero-order valence-electron chi connectivity index (χ0n) is 16.4. The van der Waals surface area contributed by atoms with Gasteiger partial charge in [-0.3, -0.25) is 4.79 Å². The molecular formula is C19H28FN3O4. The van der Waals surface area contributed by atoms with Crippen LogP contribution in [0.25, 0.3) is 0 Å². The fraction of sp³-hybridized carbons (Fsp3) is 0.579. The average Bonchev–Trinajstić information content (AvgIpc) is 2.86. The van der Waals surface area contributed by atoms with Crippen LogP contribution in [0.5, 0.6) is 0 Å². The van der Waals surface area contributed by atoms with Gasteiger partial charge in [-0.1, -0.05) is 0 Å². The Bertz CT molecular complexity index is 716. The highest BCUT2D eigenvalue weighted by Gasteiger charge is 2.32. The van der Waals surface area contributed by atoms with Gasteiger partial charge in [0.05, 0.1) is 18.2 Å². The molecule has 0 radical (unpaired) electrons. The number of nitrogens with one attached hydrogen (secondary N) is 2. The molecule has 0 saturated heterocycles. The van der Waals surface area contributed by atoms with Gasteiger partial charge in [0.2, 0.25) is 5.91 Å². The van der Waals surface area contributed by atoms with Crippen LogP contribution >= 0.6 is 0 Å². The minimum Gasteiger partial charge on any atom is -0.444 e. The molecule has 27 heavy (non-hydrogen) atoms. The maximum absolute atomic E-state index is 14.5. The molecule has 2 amide bonds. The van der Waals surface area contributed by atoms with E-state index in [1.54, 1.807) is 26.8 Å². The second-order valence-corrected chi connectivity index (χ2v) is 7.92. The van der Waals surface area contributed by atoms with E-state index >= 15 is 0 Å². The van der Waals surface area contributed by atoms with Gasteiger partial charge in [-0.2, -0.15) is 0 Å². The number of amides is 2. The van der Waals surface area contributed by atoms with Crippen molar-refractivity contribution >= 4 is 23.4 Å². The van der Waals surface area contributed by atoms with Crippen LogP contribution in [-0.4, -0.2) is 47.9 Å². The van der Waals surface area contributed by atoms with Gasteiger partial charge < -0.3 is 25.4 Å². The van der Waals surface area contributed by atoms with E-state index < -0.39 is 23.6 Å². The summed E-state index contributed by atoms with van der Waals surface area (Å²) in [6.07, 6.45) is -1.34. The average molecular weight is 381 g/mol. The van der Waals surface area contributed by atoms with Crippen LogP contribution in [0.15, 0.2) is 12.1 Å². The van der Waals surface area contributed by atoms with Crippen LogP contribution in [0.3, 0.4) is 0 Å². The highest BCUT2D eigenvalue weighted by molar-refractivity contribution is 6.02. The van der Waals surface area contributed by atoms with E-state index in [4.69, 9.17) is 4.74 Å². The molecule has 3 N–H and O–H groups in total. The molecule has 1 aromatic rings. The van der Waals surface area contributed by atoms with Crippen LogP contribution in [0.1, 0.15) is 40.2 Å². The molecule has 0 aliphatic carbocycles. The van der Waals surface area contributed by atoms with E-state index in [0.29, 0.717) is 16.9 Å². The number of aliphatic hydroxyl groups excluding tert-OH is 1. The van der Waals surface area contributed by atoms with E-state index in [1.807, 2.05) is 13.8 Å². The molecule has 150 valence electrons. The number of rotatable bonds is 6. The fourth-order valence-corrected chi connectivity index (χ4v) is 2.90. The number of hydrogen-bond donors (Lipinski definition) is 3. The summed E-state index contributed by atoms with van der Waals surface area (Å²) in [4.78, 5) is 25.1. The minimum absolute atomic E-state index is 0.00501. The molecule has 7 nitrogen and oxygen atoms in total. The first-order chi connectivity index (χ1) is 12.5. The van der Waals surface area contributed by atoms with Crippen LogP contribution in [0, 0.1) is 5.82 Å². The smallest absolute Gasteiger partial charge is 0.407 e. The number of benzene rings is 1. The molecule has 1 aliphatic heterocycles. The van der Waals surface area contributed by atoms with Crippen molar-refractivity contribution in [1.82, 2.24) is 5.32 Å². The Hall–Kier alpha value is -2.35. The molecule has 0 fully saturated rings. The lowest BCUT2D eigenvalue weighted by Gasteiger charge is -2.23. The molecule has 2 rings (SSSR count). The van der Waals surface area contributed by atoms with E-state index in [2.05, 4.69) is 10.6 Å². The highest BCUT2D eigenvalue weighted by atomic mass is 19.1. The predicted octanol–water partition coefficient (Wildman–Crippen LogP) is 2.42. The van der Waals surface area contributed by atoms with E-state index in [9.17, 15) is 19.1 Å². The lowest BCUT2D eigenvalue weighted by atomic mass is 10.1. The SMILES string of the molecule is CC(C)N1C(=O)Cc2cc(NC[C@H](O)CNC(=O)OC(C)(C)C)cc(F)c21. The Morgan fingerprint density at radius 2 is 2.00 bits per heavy atom. The molecule has 0 saturated carbocycles. The Morgan fingerprint density at radius 3 is 2.59 bits per heavy atom. The van der Waals surface area contributed by atoms with Crippen molar-refractivity contribution in [1.29, 1.82) is 0 Å². The first-order valence-corrected chi connectivity index (χ1v) is 9.01. The molecule has 1 aliphatic rings. The first-order valence-electron chi connectivity index (χ1n) is 9.01. The third-order valence-electron chi connectivity index (χ3n) is 3.93. The van der Waals surface area contributed by atoms with Crippen LogP contribution in [0.2, 0.25) is 0 Å². The molecule has 8 heteroatoms. The van der Waals surface area contributed by atoms with E-state index in [-0.39, 0.29) is 31.5 Å².